The Morgan fingerprint density at radius 2 is 1.86 bits per heavy atom. The minimum absolute atomic E-state index is 0.0119. The van der Waals surface area contributed by atoms with Crippen LogP contribution in [0, 0.1) is 0 Å². The van der Waals surface area contributed by atoms with Crippen LogP contribution in [0.5, 0.6) is 16.7 Å². The Balaban J connectivity index is 1.96. The zero-order valence-electron chi connectivity index (χ0n) is 13.0. The van der Waals surface area contributed by atoms with Gasteiger partial charge in [0.15, 0.2) is 12.4 Å². The maximum absolute atomic E-state index is 11.1. The molecule has 0 saturated carbocycles. The lowest BCUT2D eigenvalue weighted by Gasteiger charge is -2.12. The summed E-state index contributed by atoms with van der Waals surface area (Å²) in [6.45, 7) is 6.15. The SMILES string of the molecule is CNC(=O)COc1ccc(Oc2nc(C(C)(C)C)ns2)cc1. The van der Waals surface area contributed by atoms with Crippen LogP contribution in [0.4, 0.5) is 0 Å². The van der Waals surface area contributed by atoms with Gasteiger partial charge in [-0.15, -0.1) is 0 Å². The van der Waals surface area contributed by atoms with Gasteiger partial charge in [-0.3, -0.25) is 4.79 Å². The third-order valence-corrected chi connectivity index (χ3v) is 3.35. The molecule has 1 aromatic heterocycles. The van der Waals surface area contributed by atoms with Crippen molar-refractivity contribution in [2.24, 2.45) is 0 Å². The first kappa shape index (κ1) is 16.2. The van der Waals surface area contributed by atoms with E-state index in [1.54, 1.807) is 31.3 Å². The van der Waals surface area contributed by atoms with E-state index in [0.717, 1.165) is 5.82 Å². The molecule has 0 unspecified atom stereocenters. The van der Waals surface area contributed by atoms with Crippen LogP contribution in [-0.2, 0) is 10.2 Å². The van der Waals surface area contributed by atoms with Crippen LogP contribution in [-0.4, -0.2) is 28.9 Å². The van der Waals surface area contributed by atoms with Crippen molar-refractivity contribution in [1.29, 1.82) is 0 Å². The van der Waals surface area contributed by atoms with Gasteiger partial charge in [-0.2, -0.15) is 9.36 Å². The van der Waals surface area contributed by atoms with Gasteiger partial charge in [-0.25, -0.2) is 0 Å². The summed E-state index contributed by atoms with van der Waals surface area (Å²) in [5, 5.41) is 2.99. The number of aromatic nitrogens is 2. The van der Waals surface area contributed by atoms with Crippen molar-refractivity contribution >= 4 is 17.4 Å². The summed E-state index contributed by atoms with van der Waals surface area (Å²) in [5.41, 5.74) is -0.102. The molecule has 0 spiro atoms. The van der Waals surface area contributed by atoms with Crippen molar-refractivity contribution in [3.05, 3.63) is 30.1 Å². The molecule has 1 N–H and O–H groups in total. The number of hydrogen-bond acceptors (Lipinski definition) is 6. The van der Waals surface area contributed by atoms with E-state index in [-0.39, 0.29) is 17.9 Å². The molecule has 0 bridgehead atoms. The Hall–Kier alpha value is -2.15. The summed E-state index contributed by atoms with van der Waals surface area (Å²) >= 11 is 1.23. The van der Waals surface area contributed by atoms with Gasteiger partial charge in [-0.1, -0.05) is 20.8 Å². The summed E-state index contributed by atoms with van der Waals surface area (Å²) < 4.78 is 15.3. The number of nitrogens with one attached hydrogen (secondary N) is 1. The molecule has 0 aliphatic carbocycles. The molecule has 7 heteroatoms. The number of amides is 1. The fraction of sp³-hybridized carbons (Fsp3) is 0.400. The lowest BCUT2D eigenvalue weighted by molar-refractivity contribution is -0.122. The molecule has 0 aliphatic heterocycles. The van der Waals surface area contributed by atoms with Crippen LogP contribution in [0.25, 0.3) is 0 Å². The highest BCUT2D eigenvalue weighted by Gasteiger charge is 2.20. The van der Waals surface area contributed by atoms with E-state index >= 15 is 0 Å². The van der Waals surface area contributed by atoms with E-state index in [0.29, 0.717) is 16.7 Å². The first-order valence-corrected chi connectivity index (χ1v) is 7.61. The highest BCUT2D eigenvalue weighted by molar-refractivity contribution is 7.07. The Labute approximate surface area is 133 Å². The summed E-state index contributed by atoms with van der Waals surface area (Å²) in [5.74, 6) is 1.83. The van der Waals surface area contributed by atoms with Crippen LogP contribution in [0.2, 0.25) is 0 Å². The Kier molecular flexibility index (Phi) is 4.97. The lowest BCUT2D eigenvalue weighted by Crippen LogP contribution is -2.24. The van der Waals surface area contributed by atoms with Gasteiger partial charge in [0.25, 0.3) is 11.1 Å². The summed E-state index contributed by atoms with van der Waals surface area (Å²) in [4.78, 5) is 15.5. The number of rotatable bonds is 5. The standard InChI is InChI=1S/C15H19N3O3S/c1-15(2,3)13-17-14(22-18-13)21-11-7-5-10(6-8-11)20-9-12(19)16-4/h5-8H,9H2,1-4H3,(H,16,19). The molecular weight excluding hydrogens is 302 g/mol. The highest BCUT2D eigenvalue weighted by Crippen LogP contribution is 2.28. The summed E-state index contributed by atoms with van der Waals surface area (Å²) in [7, 11) is 1.57. The zero-order valence-corrected chi connectivity index (χ0v) is 13.9. The number of carbonyl (C=O) groups excluding carboxylic acids is 1. The van der Waals surface area contributed by atoms with Crippen LogP contribution in [0.1, 0.15) is 26.6 Å². The first-order chi connectivity index (χ1) is 10.4. The zero-order chi connectivity index (χ0) is 16.2. The molecule has 0 aliphatic rings. The van der Waals surface area contributed by atoms with Crippen LogP contribution in [0.3, 0.4) is 0 Å². The Morgan fingerprint density at radius 1 is 1.23 bits per heavy atom. The molecule has 22 heavy (non-hydrogen) atoms. The molecule has 6 nitrogen and oxygen atoms in total. The van der Waals surface area contributed by atoms with Gasteiger partial charge in [0.1, 0.15) is 11.5 Å². The van der Waals surface area contributed by atoms with Crippen molar-refractivity contribution in [1.82, 2.24) is 14.7 Å². The average Bonchev–Trinajstić information content (AvgIpc) is 2.95. The number of nitrogens with zero attached hydrogens (tertiary/aromatic N) is 2. The molecule has 118 valence electrons. The number of ether oxygens (including phenoxy) is 2. The second-order valence-corrected chi connectivity index (χ2v) is 6.38. The van der Waals surface area contributed by atoms with Crippen molar-refractivity contribution in [3.8, 4) is 16.7 Å². The van der Waals surface area contributed by atoms with Crippen molar-refractivity contribution < 1.29 is 14.3 Å². The molecule has 0 atom stereocenters. The van der Waals surface area contributed by atoms with E-state index in [9.17, 15) is 4.79 Å². The van der Waals surface area contributed by atoms with Gasteiger partial charge in [0, 0.05) is 24.0 Å². The third-order valence-electron chi connectivity index (χ3n) is 2.76. The molecule has 0 radical (unpaired) electrons. The van der Waals surface area contributed by atoms with Crippen LogP contribution < -0.4 is 14.8 Å². The van der Waals surface area contributed by atoms with Gasteiger partial charge in [-0.05, 0) is 24.3 Å². The predicted octanol–water partition coefficient (Wildman–Crippen LogP) is 2.75. The predicted molar refractivity (Wildman–Crippen MR) is 84.7 cm³/mol. The minimum Gasteiger partial charge on any atom is -0.484 e. The van der Waals surface area contributed by atoms with Gasteiger partial charge >= 0.3 is 0 Å². The second kappa shape index (κ2) is 6.74. The molecule has 0 fully saturated rings. The first-order valence-electron chi connectivity index (χ1n) is 6.84. The van der Waals surface area contributed by atoms with E-state index in [4.69, 9.17) is 9.47 Å². The molecule has 0 saturated heterocycles. The number of benzene rings is 1. The monoisotopic (exact) mass is 321 g/mol. The highest BCUT2D eigenvalue weighted by atomic mass is 32.1. The quantitative estimate of drug-likeness (QED) is 0.916. The maximum Gasteiger partial charge on any atom is 0.298 e. The maximum atomic E-state index is 11.1. The van der Waals surface area contributed by atoms with Gasteiger partial charge in [0.2, 0.25) is 0 Å². The molecule has 1 heterocycles. The lowest BCUT2D eigenvalue weighted by atomic mass is 9.96. The van der Waals surface area contributed by atoms with Crippen LogP contribution >= 0.6 is 11.5 Å². The van der Waals surface area contributed by atoms with Crippen molar-refractivity contribution in [2.75, 3.05) is 13.7 Å². The largest absolute Gasteiger partial charge is 0.484 e. The number of carbonyl (C=O) groups is 1. The summed E-state index contributed by atoms with van der Waals surface area (Å²) in [6.07, 6.45) is 0. The number of likely N-dealkylation sites (N-methyl/N-ethyl adjacent to an activating group) is 1. The molecule has 1 amide bonds. The van der Waals surface area contributed by atoms with Crippen LogP contribution in [0.15, 0.2) is 24.3 Å². The Morgan fingerprint density at radius 3 is 2.41 bits per heavy atom. The second-order valence-electron chi connectivity index (χ2n) is 5.67. The average molecular weight is 321 g/mol. The van der Waals surface area contributed by atoms with E-state index < -0.39 is 0 Å². The Bertz CT molecular complexity index is 632. The molecule has 2 rings (SSSR count). The van der Waals surface area contributed by atoms with E-state index in [1.165, 1.54) is 11.5 Å². The van der Waals surface area contributed by atoms with Gasteiger partial charge < -0.3 is 14.8 Å². The van der Waals surface area contributed by atoms with Gasteiger partial charge in [0.05, 0.1) is 0 Å². The smallest absolute Gasteiger partial charge is 0.298 e. The topological polar surface area (TPSA) is 73.3 Å². The third kappa shape index (κ3) is 4.42. The fourth-order valence-electron chi connectivity index (χ4n) is 1.48. The normalized spacial score (nSPS) is 11.1. The van der Waals surface area contributed by atoms with E-state index in [2.05, 4.69) is 35.4 Å². The summed E-state index contributed by atoms with van der Waals surface area (Å²) in [6, 6.07) is 7.00. The fourth-order valence-corrected chi connectivity index (χ4v) is 2.22. The molecule has 2 aromatic rings. The van der Waals surface area contributed by atoms with Crippen molar-refractivity contribution in [3.63, 3.8) is 0 Å². The number of hydrogen-bond donors (Lipinski definition) is 1. The molecule has 1 aromatic carbocycles. The van der Waals surface area contributed by atoms with E-state index in [1.807, 2.05) is 0 Å². The molecular formula is C15H19N3O3S. The van der Waals surface area contributed by atoms with Crippen molar-refractivity contribution in [2.45, 2.75) is 26.2 Å². The minimum atomic E-state index is -0.177.